The molecule has 120 valence electrons. The van der Waals surface area contributed by atoms with E-state index < -0.39 is 0 Å². The minimum Gasteiger partial charge on any atom is -0.354 e. The number of carbonyl (C=O) groups is 1. The second-order valence-electron chi connectivity index (χ2n) is 7.44. The molecule has 0 radical (unpaired) electrons. The number of allylic oxidation sites excluding steroid dienone is 2. The summed E-state index contributed by atoms with van der Waals surface area (Å²) in [6.07, 6.45) is 3.40. The minimum atomic E-state index is 0.00744. The standard InChI is InChI=1S/C22H21NO/c1-22(2)13-16(12-17(24)14-22)20-18-10-6-7-11-19(18)23-21(20)15-8-4-3-5-9-15/h3-12,23H,13-14H2,1-2H3. The molecule has 2 nitrogen and oxygen atoms in total. The Kier molecular flexibility index (Phi) is 3.42. The van der Waals surface area contributed by atoms with Gasteiger partial charge in [0, 0.05) is 22.9 Å². The van der Waals surface area contributed by atoms with Gasteiger partial charge in [-0.05, 0) is 35.1 Å². The summed E-state index contributed by atoms with van der Waals surface area (Å²) < 4.78 is 0. The molecule has 0 spiro atoms. The van der Waals surface area contributed by atoms with Gasteiger partial charge < -0.3 is 4.98 Å². The van der Waals surface area contributed by atoms with Crippen molar-refractivity contribution in [3.63, 3.8) is 0 Å². The van der Waals surface area contributed by atoms with Crippen molar-refractivity contribution in [1.82, 2.24) is 4.98 Å². The molecule has 0 atom stereocenters. The van der Waals surface area contributed by atoms with Crippen LogP contribution in [0.4, 0.5) is 0 Å². The second kappa shape index (κ2) is 5.48. The van der Waals surface area contributed by atoms with Gasteiger partial charge in [-0.3, -0.25) is 4.79 Å². The zero-order valence-corrected chi connectivity index (χ0v) is 14.1. The third-order valence-corrected chi connectivity index (χ3v) is 4.75. The van der Waals surface area contributed by atoms with E-state index in [-0.39, 0.29) is 11.2 Å². The SMILES string of the molecule is CC1(C)CC(=O)C=C(c2c(-c3ccccc3)[nH]c3ccccc23)C1. The number of benzene rings is 2. The maximum absolute atomic E-state index is 12.3. The number of H-pyrrole nitrogens is 1. The van der Waals surface area contributed by atoms with Crippen LogP contribution in [0.1, 0.15) is 32.3 Å². The van der Waals surface area contributed by atoms with Crippen molar-refractivity contribution in [2.24, 2.45) is 5.41 Å². The van der Waals surface area contributed by atoms with Crippen LogP contribution in [-0.2, 0) is 4.79 Å². The summed E-state index contributed by atoms with van der Waals surface area (Å²) >= 11 is 0. The summed E-state index contributed by atoms with van der Waals surface area (Å²) in [6, 6.07) is 18.7. The Balaban J connectivity index is 1.99. The fraction of sp³-hybridized carbons (Fsp3) is 0.227. The monoisotopic (exact) mass is 315 g/mol. The van der Waals surface area contributed by atoms with Gasteiger partial charge in [-0.2, -0.15) is 0 Å². The normalized spacial score (nSPS) is 17.1. The molecule has 2 aromatic carbocycles. The molecule has 0 fully saturated rings. The summed E-state index contributed by atoms with van der Waals surface area (Å²) in [5.41, 5.74) is 5.70. The Morgan fingerprint density at radius 1 is 0.917 bits per heavy atom. The zero-order valence-electron chi connectivity index (χ0n) is 14.1. The van der Waals surface area contributed by atoms with Crippen LogP contribution < -0.4 is 0 Å². The maximum Gasteiger partial charge on any atom is 0.156 e. The van der Waals surface area contributed by atoms with Crippen molar-refractivity contribution in [2.45, 2.75) is 26.7 Å². The summed E-state index contributed by atoms with van der Waals surface area (Å²) in [7, 11) is 0. The van der Waals surface area contributed by atoms with E-state index in [1.807, 2.05) is 18.2 Å². The maximum atomic E-state index is 12.3. The van der Waals surface area contributed by atoms with E-state index in [9.17, 15) is 4.79 Å². The Bertz CT molecular complexity index is 945. The van der Waals surface area contributed by atoms with E-state index in [0.29, 0.717) is 6.42 Å². The van der Waals surface area contributed by atoms with Crippen molar-refractivity contribution in [2.75, 3.05) is 0 Å². The first kappa shape index (κ1) is 14.9. The number of aromatic amines is 1. The predicted molar refractivity (Wildman–Crippen MR) is 99.7 cm³/mol. The molecule has 2 heteroatoms. The number of ketones is 1. The van der Waals surface area contributed by atoms with Gasteiger partial charge in [-0.15, -0.1) is 0 Å². The molecular formula is C22H21NO. The van der Waals surface area contributed by atoms with E-state index >= 15 is 0 Å². The lowest BCUT2D eigenvalue weighted by molar-refractivity contribution is -0.116. The highest BCUT2D eigenvalue weighted by molar-refractivity contribution is 6.06. The number of aromatic nitrogens is 1. The lowest BCUT2D eigenvalue weighted by atomic mass is 9.74. The van der Waals surface area contributed by atoms with Gasteiger partial charge in [0.15, 0.2) is 5.78 Å². The van der Waals surface area contributed by atoms with Crippen LogP contribution in [0.15, 0.2) is 60.7 Å². The third kappa shape index (κ3) is 2.58. The van der Waals surface area contributed by atoms with Gasteiger partial charge in [-0.1, -0.05) is 62.4 Å². The fourth-order valence-electron chi connectivity index (χ4n) is 3.80. The lowest BCUT2D eigenvalue weighted by Gasteiger charge is -2.29. The minimum absolute atomic E-state index is 0.00744. The molecule has 1 aromatic heterocycles. The van der Waals surface area contributed by atoms with E-state index in [2.05, 4.69) is 61.3 Å². The molecule has 24 heavy (non-hydrogen) atoms. The van der Waals surface area contributed by atoms with E-state index in [1.54, 1.807) is 0 Å². The van der Waals surface area contributed by atoms with Crippen LogP contribution in [0.5, 0.6) is 0 Å². The summed E-state index contributed by atoms with van der Waals surface area (Å²) in [6.45, 7) is 4.35. The molecule has 0 aliphatic heterocycles. The molecule has 1 N–H and O–H groups in total. The number of hydrogen-bond donors (Lipinski definition) is 1. The first-order valence-corrected chi connectivity index (χ1v) is 8.43. The first-order chi connectivity index (χ1) is 11.5. The van der Waals surface area contributed by atoms with Crippen LogP contribution in [-0.4, -0.2) is 10.8 Å². The van der Waals surface area contributed by atoms with Gasteiger partial charge in [0.1, 0.15) is 0 Å². The van der Waals surface area contributed by atoms with Crippen LogP contribution >= 0.6 is 0 Å². The quantitative estimate of drug-likeness (QED) is 0.655. The van der Waals surface area contributed by atoms with Gasteiger partial charge in [0.2, 0.25) is 0 Å². The molecule has 1 aliphatic rings. The van der Waals surface area contributed by atoms with Crippen LogP contribution in [0, 0.1) is 5.41 Å². The zero-order chi connectivity index (χ0) is 16.7. The summed E-state index contributed by atoms with van der Waals surface area (Å²) in [5, 5.41) is 1.19. The smallest absolute Gasteiger partial charge is 0.156 e. The van der Waals surface area contributed by atoms with Crippen LogP contribution in [0.2, 0.25) is 0 Å². The van der Waals surface area contributed by atoms with Crippen molar-refractivity contribution in [3.05, 3.63) is 66.2 Å². The molecule has 0 unspecified atom stereocenters. The van der Waals surface area contributed by atoms with Crippen molar-refractivity contribution >= 4 is 22.3 Å². The highest BCUT2D eigenvalue weighted by Crippen LogP contribution is 2.43. The van der Waals surface area contributed by atoms with E-state index in [1.165, 1.54) is 10.9 Å². The molecule has 3 aromatic rings. The second-order valence-corrected chi connectivity index (χ2v) is 7.44. The van der Waals surface area contributed by atoms with E-state index in [0.717, 1.165) is 28.8 Å². The fourth-order valence-corrected chi connectivity index (χ4v) is 3.80. The molecule has 4 rings (SSSR count). The number of hydrogen-bond acceptors (Lipinski definition) is 1. The van der Waals surface area contributed by atoms with Gasteiger partial charge >= 0.3 is 0 Å². The largest absolute Gasteiger partial charge is 0.354 e. The third-order valence-electron chi connectivity index (χ3n) is 4.75. The number of rotatable bonds is 2. The molecule has 0 saturated carbocycles. The highest BCUT2D eigenvalue weighted by atomic mass is 16.1. The van der Waals surface area contributed by atoms with Crippen molar-refractivity contribution in [1.29, 1.82) is 0 Å². The Morgan fingerprint density at radius 3 is 2.38 bits per heavy atom. The number of nitrogens with one attached hydrogen (secondary N) is 1. The molecule has 0 saturated heterocycles. The Labute approximate surface area is 142 Å². The average Bonchev–Trinajstić information content (AvgIpc) is 2.93. The topological polar surface area (TPSA) is 32.9 Å². The summed E-state index contributed by atoms with van der Waals surface area (Å²) in [4.78, 5) is 15.8. The van der Waals surface area contributed by atoms with Gasteiger partial charge in [-0.25, -0.2) is 0 Å². The molecular weight excluding hydrogens is 294 g/mol. The molecule has 1 heterocycles. The Hall–Kier alpha value is -2.61. The molecule has 0 bridgehead atoms. The van der Waals surface area contributed by atoms with Gasteiger partial charge in [0.25, 0.3) is 0 Å². The lowest BCUT2D eigenvalue weighted by Crippen LogP contribution is -2.21. The van der Waals surface area contributed by atoms with Crippen LogP contribution in [0.3, 0.4) is 0 Å². The highest BCUT2D eigenvalue weighted by Gasteiger charge is 2.30. The number of para-hydroxylation sites is 1. The van der Waals surface area contributed by atoms with E-state index in [4.69, 9.17) is 0 Å². The molecule has 0 amide bonds. The first-order valence-electron chi connectivity index (χ1n) is 8.43. The average molecular weight is 315 g/mol. The number of carbonyl (C=O) groups excluding carboxylic acids is 1. The van der Waals surface area contributed by atoms with Crippen molar-refractivity contribution < 1.29 is 4.79 Å². The van der Waals surface area contributed by atoms with Crippen LogP contribution in [0.25, 0.3) is 27.7 Å². The molecule has 1 aliphatic carbocycles. The summed E-state index contributed by atoms with van der Waals surface area (Å²) in [5.74, 6) is 0.227. The Morgan fingerprint density at radius 2 is 1.62 bits per heavy atom. The number of fused-ring (bicyclic) bond motifs is 1. The van der Waals surface area contributed by atoms with Gasteiger partial charge in [0.05, 0.1) is 5.69 Å². The predicted octanol–water partition coefficient (Wildman–Crippen LogP) is 5.61. The van der Waals surface area contributed by atoms with Crippen molar-refractivity contribution in [3.8, 4) is 11.3 Å².